The Bertz CT molecular complexity index is 1090. The van der Waals surface area contributed by atoms with Crippen molar-refractivity contribution in [2.24, 2.45) is 7.05 Å². The molecule has 2 aromatic heterocycles. The normalized spacial score (nSPS) is 13.3. The summed E-state index contributed by atoms with van der Waals surface area (Å²) in [7, 11) is 3.18. The number of hydrogen-bond acceptors (Lipinski definition) is 7. The van der Waals surface area contributed by atoms with Crippen LogP contribution in [0.15, 0.2) is 34.8 Å². The van der Waals surface area contributed by atoms with Gasteiger partial charge in [-0.3, -0.25) is 4.79 Å². The minimum Gasteiger partial charge on any atom is -0.465 e. The maximum Gasteiger partial charge on any atom is 0.341 e. The standard InChI is InChI=1S/C20H19FN4O3S2/c1-25-17(12-3-4-12)23-24-20(25)30-10-15(26)22-18-16(19(27)28-2)14(9-29-18)11-5-7-13(21)8-6-11/h5-9,12H,3-4,10H2,1-2H3,(H,22,26). The van der Waals surface area contributed by atoms with Crippen LogP contribution in [-0.2, 0) is 16.6 Å². The second kappa shape index (κ2) is 8.57. The summed E-state index contributed by atoms with van der Waals surface area (Å²) in [4.78, 5) is 24.9. The molecule has 0 radical (unpaired) electrons. The number of esters is 1. The number of benzene rings is 1. The van der Waals surface area contributed by atoms with E-state index in [-0.39, 0.29) is 23.0 Å². The number of amides is 1. The molecule has 2 heterocycles. The number of carbonyl (C=O) groups is 2. The predicted molar refractivity (Wildman–Crippen MR) is 113 cm³/mol. The molecule has 0 spiro atoms. The van der Waals surface area contributed by atoms with Gasteiger partial charge in [0.15, 0.2) is 5.16 Å². The van der Waals surface area contributed by atoms with E-state index in [2.05, 4.69) is 15.5 Å². The molecule has 4 rings (SSSR count). The van der Waals surface area contributed by atoms with Gasteiger partial charge < -0.3 is 14.6 Å². The minimum absolute atomic E-state index is 0.126. The summed E-state index contributed by atoms with van der Waals surface area (Å²) in [6.07, 6.45) is 2.25. The number of nitrogens with one attached hydrogen (secondary N) is 1. The van der Waals surface area contributed by atoms with E-state index < -0.39 is 5.97 Å². The molecule has 1 fully saturated rings. The number of hydrogen-bond donors (Lipinski definition) is 1. The molecule has 156 valence electrons. The van der Waals surface area contributed by atoms with Gasteiger partial charge in [-0.25, -0.2) is 9.18 Å². The third kappa shape index (κ3) is 4.24. The van der Waals surface area contributed by atoms with Crippen LogP contribution in [-0.4, -0.2) is 39.5 Å². The molecule has 3 aromatic rings. The molecule has 1 aliphatic carbocycles. The van der Waals surface area contributed by atoms with Gasteiger partial charge in [0.2, 0.25) is 5.91 Å². The minimum atomic E-state index is -0.569. The van der Waals surface area contributed by atoms with E-state index in [4.69, 9.17) is 4.74 Å². The molecule has 1 aromatic carbocycles. The molecular weight excluding hydrogens is 427 g/mol. The Hall–Kier alpha value is -2.72. The predicted octanol–water partition coefficient (Wildman–Crippen LogP) is 4.08. The topological polar surface area (TPSA) is 86.1 Å². The van der Waals surface area contributed by atoms with Crippen LogP contribution in [0.25, 0.3) is 11.1 Å². The van der Waals surface area contributed by atoms with Crippen molar-refractivity contribution in [1.29, 1.82) is 0 Å². The van der Waals surface area contributed by atoms with Gasteiger partial charge in [0, 0.05) is 23.9 Å². The van der Waals surface area contributed by atoms with Crippen molar-refractivity contribution < 1.29 is 18.7 Å². The Kier molecular flexibility index (Phi) is 5.87. The van der Waals surface area contributed by atoms with E-state index in [9.17, 15) is 14.0 Å². The van der Waals surface area contributed by atoms with Gasteiger partial charge in [-0.2, -0.15) is 0 Å². The highest BCUT2D eigenvalue weighted by atomic mass is 32.2. The lowest BCUT2D eigenvalue weighted by atomic mass is 10.0. The van der Waals surface area contributed by atoms with Crippen LogP contribution in [0.4, 0.5) is 9.39 Å². The van der Waals surface area contributed by atoms with E-state index in [1.54, 1.807) is 17.5 Å². The zero-order valence-corrected chi connectivity index (χ0v) is 18.0. The summed E-state index contributed by atoms with van der Waals surface area (Å²) in [5.41, 5.74) is 1.49. The fraction of sp³-hybridized carbons (Fsp3) is 0.300. The first-order valence-corrected chi connectivity index (χ1v) is 11.1. The lowest BCUT2D eigenvalue weighted by Crippen LogP contribution is -2.16. The summed E-state index contributed by atoms with van der Waals surface area (Å²) in [5, 5.41) is 14.0. The summed E-state index contributed by atoms with van der Waals surface area (Å²) >= 11 is 2.51. The Balaban J connectivity index is 1.48. The van der Waals surface area contributed by atoms with E-state index in [0.29, 0.717) is 27.2 Å². The zero-order chi connectivity index (χ0) is 21.3. The molecule has 0 bridgehead atoms. The molecule has 30 heavy (non-hydrogen) atoms. The van der Waals surface area contributed by atoms with Gasteiger partial charge in [0.05, 0.1) is 12.9 Å². The molecule has 0 saturated heterocycles. The summed E-state index contributed by atoms with van der Waals surface area (Å²) < 4.78 is 20.1. The van der Waals surface area contributed by atoms with Gasteiger partial charge in [-0.05, 0) is 30.5 Å². The quantitative estimate of drug-likeness (QED) is 0.435. The number of thiophene rings is 1. The van der Waals surface area contributed by atoms with Crippen molar-refractivity contribution in [2.75, 3.05) is 18.2 Å². The van der Waals surface area contributed by atoms with E-state index >= 15 is 0 Å². The van der Waals surface area contributed by atoms with E-state index in [1.807, 2.05) is 11.6 Å². The summed E-state index contributed by atoms with van der Waals surface area (Å²) in [5.74, 6) is 0.348. The molecule has 0 aliphatic heterocycles. The number of aromatic nitrogens is 3. The highest BCUT2D eigenvalue weighted by Gasteiger charge is 2.29. The molecule has 1 amide bonds. The largest absolute Gasteiger partial charge is 0.465 e. The van der Waals surface area contributed by atoms with Crippen LogP contribution < -0.4 is 5.32 Å². The van der Waals surface area contributed by atoms with Crippen LogP contribution in [0.5, 0.6) is 0 Å². The Morgan fingerprint density at radius 2 is 2.03 bits per heavy atom. The molecule has 7 nitrogen and oxygen atoms in total. The maximum absolute atomic E-state index is 13.2. The summed E-state index contributed by atoms with van der Waals surface area (Å²) in [6, 6.07) is 5.80. The van der Waals surface area contributed by atoms with Crippen LogP contribution in [0, 0.1) is 5.82 Å². The highest BCUT2D eigenvalue weighted by Crippen LogP contribution is 2.39. The van der Waals surface area contributed by atoms with Gasteiger partial charge in [0.25, 0.3) is 0 Å². The van der Waals surface area contributed by atoms with E-state index in [1.165, 1.54) is 42.3 Å². The van der Waals surface area contributed by atoms with Crippen LogP contribution >= 0.6 is 23.1 Å². The number of thioether (sulfide) groups is 1. The second-order valence-electron chi connectivity index (χ2n) is 6.86. The smallest absolute Gasteiger partial charge is 0.341 e. The first-order valence-electron chi connectivity index (χ1n) is 9.25. The first kappa shape index (κ1) is 20.5. The molecule has 1 saturated carbocycles. The monoisotopic (exact) mass is 446 g/mol. The maximum atomic E-state index is 13.2. The lowest BCUT2D eigenvalue weighted by Gasteiger charge is -2.08. The molecule has 10 heteroatoms. The lowest BCUT2D eigenvalue weighted by molar-refractivity contribution is -0.113. The fourth-order valence-electron chi connectivity index (χ4n) is 3.04. The van der Waals surface area contributed by atoms with E-state index in [0.717, 1.165) is 18.7 Å². The molecule has 0 atom stereocenters. The average Bonchev–Trinajstić information content (AvgIpc) is 3.40. The highest BCUT2D eigenvalue weighted by molar-refractivity contribution is 7.99. The number of ether oxygens (including phenoxy) is 1. The molecule has 1 N–H and O–H groups in total. The number of halogens is 1. The average molecular weight is 447 g/mol. The fourth-order valence-corrected chi connectivity index (χ4v) is 4.73. The number of anilines is 1. The Labute approximate surface area is 180 Å². The third-order valence-corrected chi connectivity index (χ3v) is 6.65. The van der Waals surface area contributed by atoms with Gasteiger partial charge in [-0.15, -0.1) is 21.5 Å². The Morgan fingerprint density at radius 3 is 2.70 bits per heavy atom. The number of carbonyl (C=O) groups excluding carboxylic acids is 2. The van der Waals surface area contributed by atoms with Crippen molar-refractivity contribution in [3.8, 4) is 11.1 Å². The van der Waals surface area contributed by atoms with Gasteiger partial charge in [-0.1, -0.05) is 23.9 Å². The summed E-state index contributed by atoms with van der Waals surface area (Å²) in [6.45, 7) is 0. The third-order valence-electron chi connectivity index (χ3n) is 4.73. The molecular formula is C20H19FN4O3S2. The first-order chi connectivity index (χ1) is 14.5. The van der Waals surface area contributed by atoms with Crippen molar-refractivity contribution >= 4 is 40.0 Å². The SMILES string of the molecule is COC(=O)c1c(-c2ccc(F)cc2)csc1NC(=O)CSc1nnc(C2CC2)n1C. The van der Waals surface area contributed by atoms with Crippen molar-refractivity contribution in [2.45, 2.75) is 23.9 Å². The van der Waals surface area contributed by atoms with Crippen molar-refractivity contribution in [3.63, 3.8) is 0 Å². The van der Waals surface area contributed by atoms with Crippen LogP contribution in [0.2, 0.25) is 0 Å². The van der Waals surface area contributed by atoms with Gasteiger partial charge >= 0.3 is 5.97 Å². The molecule has 1 aliphatic rings. The van der Waals surface area contributed by atoms with Crippen molar-refractivity contribution in [3.05, 3.63) is 46.9 Å². The number of methoxy groups -OCH3 is 1. The van der Waals surface area contributed by atoms with Crippen molar-refractivity contribution in [1.82, 2.24) is 14.8 Å². The molecule has 0 unspecified atom stereocenters. The second-order valence-corrected chi connectivity index (χ2v) is 8.69. The zero-order valence-electron chi connectivity index (χ0n) is 16.3. The van der Waals surface area contributed by atoms with Gasteiger partial charge in [0.1, 0.15) is 22.2 Å². The number of rotatable bonds is 7. The Morgan fingerprint density at radius 1 is 1.30 bits per heavy atom. The van der Waals surface area contributed by atoms with Crippen LogP contribution in [0.3, 0.4) is 0 Å². The van der Waals surface area contributed by atoms with Crippen LogP contribution in [0.1, 0.15) is 34.9 Å². The number of nitrogens with zero attached hydrogens (tertiary/aromatic N) is 3.